The molecule has 2 N–H and O–H groups in total. The van der Waals surface area contributed by atoms with Gasteiger partial charge in [-0.05, 0) is 25.7 Å². The number of rotatable bonds is 1. The minimum absolute atomic E-state index is 0.0937. The molecule has 0 aromatic carbocycles. The Morgan fingerprint density at radius 3 is 2.33 bits per heavy atom. The van der Waals surface area contributed by atoms with Crippen molar-refractivity contribution in [2.45, 2.75) is 38.9 Å². The fourth-order valence-corrected chi connectivity index (χ4v) is 1.90. The molecule has 0 saturated heterocycles. The van der Waals surface area contributed by atoms with E-state index < -0.39 is 12.2 Å². The highest BCUT2D eigenvalue weighted by Crippen LogP contribution is 2.32. The van der Waals surface area contributed by atoms with Crippen molar-refractivity contribution >= 4 is 0 Å². The predicted molar refractivity (Wildman–Crippen MR) is 48.7 cm³/mol. The van der Waals surface area contributed by atoms with E-state index >= 15 is 0 Å². The van der Waals surface area contributed by atoms with Crippen molar-refractivity contribution < 1.29 is 10.2 Å². The van der Waals surface area contributed by atoms with Crippen LogP contribution in [-0.4, -0.2) is 22.4 Å². The molecule has 2 unspecified atom stereocenters. The minimum Gasteiger partial charge on any atom is -0.390 e. The highest BCUT2D eigenvalue weighted by Gasteiger charge is 2.35. The molecule has 2 heteroatoms. The minimum atomic E-state index is -0.605. The first-order chi connectivity index (χ1) is 5.54. The summed E-state index contributed by atoms with van der Waals surface area (Å²) < 4.78 is 0. The maximum atomic E-state index is 9.67. The summed E-state index contributed by atoms with van der Waals surface area (Å²) in [5.74, 6) is 0.312. The molecule has 0 heterocycles. The van der Waals surface area contributed by atoms with Crippen LogP contribution in [0.5, 0.6) is 0 Å². The van der Waals surface area contributed by atoms with Crippen molar-refractivity contribution in [2.75, 3.05) is 0 Å². The maximum absolute atomic E-state index is 9.67. The van der Waals surface area contributed by atoms with E-state index in [1.165, 1.54) is 0 Å². The molecule has 0 spiro atoms. The molecule has 12 heavy (non-hydrogen) atoms. The largest absolute Gasteiger partial charge is 0.390 e. The normalized spacial score (nSPS) is 42.7. The summed E-state index contributed by atoms with van der Waals surface area (Å²) in [5.41, 5.74) is 0.980. The van der Waals surface area contributed by atoms with Crippen LogP contribution in [0.1, 0.15) is 26.7 Å². The van der Waals surface area contributed by atoms with Crippen molar-refractivity contribution in [3.63, 3.8) is 0 Å². The van der Waals surface area contributed by atoms with E-state index in [0.29, 0.717) is 0 Å². The van der Waals surface area contributed by atoms with E-state index in [1.807, 2.05) is 13.8 Å². The Balaban J connectivity index is 2.65. The quantitative estimate of drug-likeness (QED) is 0.583. The van der Waals surface area contributed by atoms with Crippen LogP contribution in [0.15, 0.2) is 12.2 Å². The van der Waals surface area contributed by atoms with E-state index in [4.69, 9.17) is 0 Å². The lowest BCUT2D eigenvalue weighted by Crippen LogP contribution is -2.42. The van der Waals surface area contributed by atoms with Crippen molar-refractivity contribution in [1.82, 2.24) is 0 Å². The fraction of sp³-hybridized carbons (Fsp3) is 0.800. The third-order valence-corrected chi connectivity index (χ3v) is 2.91. The van der Waals surface area contributed by atoms with Crippen molar-refractivity contribution in [1.29, 1.82) is 0 Å². The molecule has 0 aromatic heterocycles. The zero-order valence-electron chi connectivity index (χ0n) is 7.83. The van der Waals surface area contributed by atoms with E-state index in [1.54, 1.807) is 0 Å². The molecule has 0 aliphatic heterocycles. The van der Waals surface area contributed by atoms with Crippen molar-refractivity contribution in [3.8, 4) is 0 Å². The molecular formula is C10H18O2. The first-order valence-electron chi connectivity index (χ1n) is 4.55. The Kier molecular flexibility index (Phi) is 2.91. The van der Waals surface area contributed by atoms with Crippen LogP contribution >= 0.6 is 0 Å². The second kappa shape index (κ2) is 3.58. The summed E-state index contributed by atoms with van der Waals surface area (Å²) in [4.78, 5) is 0. The van der Waals surface area contributed by atoms with Gasteiger partial charge in [-0.1, -0.05) is 19.1 Å². The molecule has 2 nitrogen and oxygen atoms in total. The molecule has 0 bridgehead atoms. The van der Waals surface area contributed by atoms with Gasteiger partial charge in [0.25, 0.3) is 0 Å². The summed E-state index contributed by atoms with van der Waals surface area (Å²) in [6.07, 6.45) is 0.761. The molecule has 0 amide bonds. The van der Waals surface area contributed by atoms with Crippen LogP contribution in [0.3, 0.4) is 0 Å². The Morgan fingerprint density at radius 1 is 1.25 bits per heavy atom. The van der Waals surface area contributed by atoms with Crippen LogP contribution in [0.4, 0.5) is 0 Å². The Morgan fingerprint density at radius 2 is 1.83 bits per heavy atom. The van der Waals surface area contributed by atoms with Gasteiger partial charge in [0.2, 0.25) is 0 Å². The topological polar surface area (TPSA) is 40.5 Å². The average Bonchev–Trinajstić information content (AvgIpc) is 2.00. The molecule has 1 saturated carbocycles. The Labute approximate surface area is 73.9 Å². The van der Waals surface area contributed by atoms with Gasteiger partial charge in [-0.15, -0.1) is 0 Å². The van der Waals surface area contributed by atoms with Crippen LogP contribution in [0.2, 0.25) is 0 Å². The van der Waals surface area contributed by atoms with Crippen LogP contribution in [0, 0.1) is 11.8 Å². The van der Waals surface area contributed by atoms with Gasteiger partial charge in [0, 0.05) is 5.92 Å². The smallest absolute Gasteiger partial charge is 0.0866 e. The summed E-state index contributed by atoms with van der Waals surface area (Å²) in [5, 5.41) is 19.2. The predicted octanol–water partition coefficient (Wildman–Crippen LogP) is 1.33. The lowest BCUT2D eigenvalue weighted by Gasteiger charge is -2.36. The Hall–Kier alpha value is -0.340. The lowest BCUT2D eigenvalue weighted by molar-refractivity contribution is -0.0625. The maximum Gasteiger partial charge on any atom is 0.0866 e. The zero-order chi connectivity index (χ0) is 9.30. The average molecular weight is 170 g/mol. The van der Waals surface area contributed by atoms with Gasteiger partial charge in [0.05, 0.1) is 12.2 Å². The van der Waals surface area contributed by atoms with E-state index in [9.17, 15) is 10.2 Å². The standard InChI is InChI=1S/C10H18O2/c1-6(2)8-5-4-7(3)9(11)10(8)12/h7-12H,1,4-5H2,2-3H3/t7-,8-,9?,10?/m0/s1. The van der Waals surface area contributed by atoms with Gasteiger partial charge in [-0.3, -0.25) is 0 Å². The second-order valence-electron chi connectivity index (χ2n) is 3.99. The molecule has 1 fully saturated rings. The van der Waals surface area contributed by atoms with Gasteiger partial charge in [0.15, 0.2) is 0 Å². The van der Waals surface area contributed by atoms with Gasteiger partial charge < -0.3 is 10.2 Å². The van der Waals surface area contributed by atoms with E-state index in [2.05, 4.69) is 6.58 Å². The van der Waals surface area contributed by atoms with Gasteiger partial charge in [-0.2, -0.15) is 0 Å². The van der Waals surface area contributed by atoms with Gasteiger partial charge >= 0.3 is 0 Å². The lowest BCUT2D eigenvalue weighted by atomic mass is 9.76. The Bertz CT molecular complexity index is 177. The molecule has 0 radical (unpaired) electrons. The molecule has 1 aliphatic rings. The SMILES string of the molecule is C=C(C)[C@@H]1CC[C@H](C)C(O)C1O. The first-order valence-corrected chi connectivity index (χ1v) is 4.55. The molecule has 0 aromatic rings. The number of aliphatic hydroxyl groups is 2. The highest BCUT2D eigenvalue weighted by atomic mass is 16.3. The molecule has 4 atom stereocenters. The monoisotopic (exact) mass is 170 g/mol. The van der Waals surface area contributed by atoms with Crippen LogP contribution in [0.25, 0.3) is 0 Å². The van der Waals surface area contributed by atoms with Crippen molar-refractivity contribution in [2.24, 2.45) is 11.8 Å². The molecular weight excluding hydrogens is 152 g/mol. The summed E-state index contributed by atoms with van der Waals surface area (Å²) >= 11 is 0. The third kappa shape index (κ3) is 1.70. The number of hydrogen-bond acceptors (Lipinski definition) is 2. The van der Waals surface area contributed by atoms with Crippen LogP contribution in [-0.2, 0) is 0 Å². The van der Waals surface area contributed by atoms with Crippen LogP contribution < -0.4 is 0 Å². The number of hydrogen-bond donors (Lipinski definition) is 2. The van der Waals surface area contributed by atoms with E-state index in [0.717, 1.165) is 18.4 Å². The molecule has 1 aliphatic carbocycles. The second-order valence-corrected chi connectivity index (χ2v) is 3.99. The first kappa shape index (κ1) is 9.75. The van der Waals surface area contributed by atoms with Gasteiger partial charge in [0.1, 0.15) is 0 Å². The third-order valence-electron chi connectivity index (χ3n) is 2.91. The van der Waals surface area contributed by atoms with E-state index in [-0.39, 0.29) is 11.8 Å². The summed E-state index contributed by atoms with van der Waals surface area (Å²) in [6, 6.07) is 0. The molecule has 70 valence electrons. The number of aliphatic hydroxyl groups excluding tert-OH is 2. The van der Waals surface area contributed by atoms with Crippen molar-refractivity contribution in [3.05, 3.63) is 12.2 Å². The molecule has 1 rings (SSSR count). The fourth-order valence-electron chi connectivity index (χ4n) is 1.90. The summed E-state index contributed by atoms with van der Waals surface area (Å²) in [6.45, 7) is 7.71. The summed E-state index contributed by atoms with van der Waals surface area (Å²) in [7, 11) is 0. The highest BCUT2D eigenvalue weighted by molar-refractivity contribution is 5.03. The van der Waals surface area contributed by atoms with Gasteiger partial charge in [-0.25, -0.2) is 0 Å². The zero-order valence-corrected chi connectivity index (χ0v) is 7.83.